The summed E-state index contributed by atoms with van der Waals surface area (Å²) in [7, 11) is 0. The largest absolute Gasteiger partial charge is 0.372 e. The van der Waals surface area contributed by atoms with Crippen molar-refractivity contribution in [2.45, 2.75) is 12.8 Å². The van der Waals surface area contributed by atoms with Gasteiger partial charge < -0.3 is 15.5 Å². The number of nitrogens with one attached hydrogen (secondary N) is 2. The molecule has 2 N–H and O–H groups in total. The molecule has 182 valence electrons. The molecule has 0 saturated carbocycles. The van der Waals surface area contributed by atoms with E-state index in [9.17, 15) is 14.4 Å². The van der Waals surface area contributed by atoms with Gasteiger partial charge in [-0.1, -0.05) is 41.4 Å². The minimum Gasteiger partial charge on any atom is -0.372 e. The van der Waals surface area contributed by atoms with Crippen molar-refractivity contribution < 1.29 is 14.4 Å². The summed E-state index contributed by atoms with van der Waals surface area (Å²) in [6.07, 6.45) is 2.39. The van der Waals surface area contributed by atoms with Crippen LogP contribution in [0, 0.1) is 0 Å². The lowest BCUT2D eigenvalue weighted by Crippen LogP contribution is -2.32. The van der Waals surface area contributed by atoms with Crippen LogP contribution in [0.5, 0.6) is 0 Å². The van der Waals surface area contributed by atoms with Crippen LogP contribution < -0.4 is 20.4 Å². The van der Waals surface area contributed by atoms with Crippen molar-refractivity contribution >= 4 is 63.7 Å². The second-order valence-electron chi connectivity index (χ2n) is 8.49. The quantitative estimate of drug-likeness (QED) is 0.411. The number of carbonyl (C=O) groups is 3. The summed E-state index contributed by atoms with van der Waals surface area (Å²) in [6.45, 7) is 2.10. The molecule has 0 radical (unpaired) electrons. The Morgan fingerprint density at radius 3 is 2.25 bits per heavy atom. The predicted molar refractivity (Wildman–Crippen MR) is 143 cm³/mol. The Balaban J connectivity index is 1.30. The van der Waals surface area contributed by atoms with Gasteiger partial charge in [-0.05, 0) is 67.4 Å². The molecular weight excluding hydrogens is 499 g/mol. The summed E-state index contributed by atoms with van der Waals surface area (Å²) < 4.78 is 0. The maximum Gasteiger partial charge on any atom is 0.283 e. The van der Waals surface area contributed by atoms with Gasteiger partial charge in [0.05, 0.1) is 10.7 Å². The zero-order valence-corrected chi connectivity index (χ0v) is 20.6. The Morgan fingerprint density at radius 2 is 1.53 bits per heavy atom. The maximum absolute atomic E-state index is 13.0. The molecule has 0 aliphatic carbocycles. The van der Waals surface area contributed by atoms with E-state index in [0.29, 0.717) is 16.9 Å². The highest BCUT2D eigenvalue weighted by atomic mass is 35.5. The second-order valence-corrected chi connectivity index (χ2v) is 9.27. The van der Waals surface area contributed by atoms with Crippen molar-refractivity contribution in [3.05, 3.63) is 94.1 Å². The lowest BCUT2D eigenvalue weighted by Gasteiger charge is -2.18. The number of anilines is 4. The first kappa shape index (κ1) is 23.9. The van der Waals surface area contributed by atoms with Gasteiger partial charge in [0.15, 0.2) is 0 Å². The smallest absolute Gasteiger partial charge is 0.283 e. The van der Waals surface area contributed by atoms with E-state index in [1.165, 1.54) is 12.8 Å². The molecule has 3 aromatic rings. The summed E-state index contributed by atoms with van der Waals surface area (Å²) in [6, 6.07) is 20.9. The molecule has 1 fully saturated rings. The summed E-state index contributed by atoms with van der Waals surface area (Å²) >= 11 is 12.4. The molecule has 9 heteroatoms. The molecule has 2 heterocycles. The van der Waals surface area contributed by atoms with Crippen LogP contribution in [0.15, 0.2) is 83.5 Å². The van der Waals surface area contributed by atoms with Crippen LogP contribution in [0.25, 0.3) is 0 Å². The Kier molecular flexibility index (Phi) is 6.67. The van der Waals surface area contributed by atoms with E-state index < -0.39 is 11.8 Å². The number of hydrogen-bond donors (Lipinski definition) is 2. The van der Waals surface area contributed by atoms with Gasteiger partial charge in [0, 0.05) is 35.7 Å². The Morgan fingerprint density at radius 1 is 0.806 bits per heavy atom. The molecule has 5 rings (SSSR count). The number of para-hydroxylation sites is 1. The molecule has 36 heavy (non-hydrogen) atoms. The van der Waals surface area contributed by atoms with Crippen LogP contribution in [0.3, 0.4) is 0 Å². The number of hydrogen-bond acceptors (Lipinski definition) is 5. The predicted octanol–water partition coefficient (Wildman–Crippen LogP) is 5.63. The molecule has 7 nitrogen and oxygen atoms in total. The van der Waals surface area contributed by atoms with Crippen molar-refractivity contribution in [2.75, 3.05) is 33.5 Å². The van der Waals surface area contributed by atoms with Gasteiger partial charge in [-0.25, -0.2) is 4.90 Å². The highest BCUT2D eigenvalue weighted by molar-refractivity contribution is 6.53. The van der Waals surface area contributed by atoms with Gasteiger partial charge in [0.2, 0.25) is 0 Å². The summed E-state index contributed by atoms with van der Waals surface area (Å²) in [4.78, 5) is 41.8. The molecule has 3 aromatic carbocycles. The van der Waals surface area contributed by atoms with E-state index >= 15 is 0 Å². The number of nitrogens with zero attached hydrogens (tertiary/aromatic N) is 2. The Hall–Kier alpha value is -3.81. The summed E-state index contributed by atoms with van der Waals surface area (Å²) in [5.41, 5.74) is 2.79. The molecule has 3 amide bonds. The zero-order chi connectivity index (χ0) is 25.2. The molecule has 1 saturated heterocycles. The van der Waals surface area contributed by atoms with E-state index in [2.05, 4.69) is 15.5 Å². The third-order valence-electron chi connectivity index (χ3n) is 6.11. The average molecular weight is 521 g/mol. The van der Waals surface area contributed by atoms with Crippen molar-refractivity contribution in [3.8, 4) is 0 Å². The van der Waals surface area contributed by atoms with Crippen molar-refractivity contribution in [3.63, 3.8) is 0 Å². The van der Waals surface area contributed by atoms with E-state index in [1.54, 1.807) is 48.5 Å². The van der Waals surface area contributed by atoms with E-state index in [4.69, 9.17) is 23.2 Å². The molecule has 2 aliphatic heterocycles. The Bertz CT molecular complexity index is 1380. The van der Waals surface area contributed by atoms with Gasteiger partial charge >= 0.3 is 0 Å². The number of imide groups is 1. The van der Waals surface area contributed by atoms with Gasteiger partial charge in [-0.2, -0.15) is 0 Å². The monoisotopic (exact) mass is 520 g/mol. The van der Waals surface area contributed by atoms with Crippen molar-refractivity contribution in [2.24, 2.45) is 0 Å². The number of halogens is 2. The van der Waals surface area contributed by atoms with Crippen molar-refractivity contribution in [1.82, 2.24) is 0 Å². The minimum absolute atomic E-state index is 0.0864. The van der Waals surface area contributed by atoms with Gasteiger partial charge in [0.25, 0.3) is 17.7 Å². The summed E-state index contributed by atoms with van der Waals surface area (Å²) in [5.74, 6) is -1.62. The van der Waals surface area contributed by atoms with Gasteiger partial charge in [0.1, 0.15) is 10.7 Å². The number of rotatable bonds is 6. The second kappa shape index (κ2) is 10.0. The lowest BCUT2D eigenvalue weighted by molar-refractivity contribution is -0.120. The Labute approximate surface area is 218 Å². The van der Waals surface area contributed by atoms with Crippen LogP contribution in [0.4, 0.5) is 22.7 Å². The van der Waals surface area contributed by atoms with Crippen LogP contribution >= 0.6 is 23.2 Å². The number of carbonyl (C=O) groups excluding carboxylic acids is 3. The average Bonchev–Trinajstić information content (AvgIpc) is 3.49. The van der Waals surface area contributed by atoms with Gasteiger partial charge in [-0.3, -0.25) is 14.4 Å². The fourth-order valence-corrected chi connectivity index (χ4v) is 4.71. The molecule has 0 bridgehead atoms. The molecule has 0 spiro atoms. The highest BCUT2D eigenvalue weighted by Gasteiger charge is 2.39. The maximum atomic E-state index is 13.0. The van der Waals surface area contributed by atoms with E-state index in [-0.39, 0.29) is 27.3 Å². The zero-order valence-electron chi connectivity index (χ0n) is 19.1. The fraction of sp³-hybridized carbons (Fsp3) is 0.148. The normalized spacial score (nSPS) is 15.6. The van der Waals surface area contributed by atoms with E-state index in [0.717, 1.165) is 23.7 Å². The van der Waals surface area contributed by atoms with Crippen molar-refractivity contribution in [1.29, 1.82) is 0 Å². The molecule has 2 aliphatic rings. The highest BCUT2D eigenvalue weighted by Crippen LogP contribution is 2.34. The molecule has 0 atom stereocenters. The first-order chi connectivity index (χ1) is 17.4. The fourth-order valence-electron chi connectivity index (χ4n) is 4.28. The van der Waals surface area contributed by atoms with Crippen LogP contribution in [0.2, 0.25) is 5.02 Å². The first-order valence-corrected chi connectivity index (χ1v) is 12.2. The number of amides is 3. The summed E-state index contributed by atoms with van der Waals surface area (Å²) in [5, 5.41) is 5.77. The standard InChI is InChI=1S/C27H22Cl2N4O3/c28-21-8-1-2-9-22(21)33-26(35)23(29)24(27(33)36)30-19-7-5-6-17(16-19)25(34)31-18-10-12-20(13-11-18)32-14-3-4-15-32/h1-2,5-13,16,30H,3-4,14-15H2,(H,31,34). The van der Waals surface area contributed by atoms with Gasteiger partial charge in [-0.15, -0.1) is 0 Å². The molecule has 0 unspecified atom stereocenters. The SMILES string of the molecule is O=C(Nc1ccc(N2CCCC2)cc1)c1cccc(NC2=C(Cl)C(=O)N(c3ccccc3Cl)C2=O)c1. The van der Waals surface area contributed by atoms with Crippen LogP contribution in [0.1, 0.15) is 23.2 Å². The molecular formula is C27H22Cl2N4O3. The molecule has 0 aromatic heterocycles. The first-order valence-electron chi connectivity index (χ1n) is 11.5. The third-order valence-corrected chi connectivity index (χ3v) is 6.78. The lowest BCUT2D eigenvalue weighted by atomic mass is 10.1. The van der Waals surface area contributed by atoms with E-state index in [1.807, 2.05) is 24.3 Å². The third kappa shape index (κ3) is 4.67. The van der Waals surface area contributed by atoms with Crippen LogP contribution in [-0.2, 0) is 9.59 Å². The number of benzene rings is 3. The minimum atomic E-state index is -0.677. The topological polar surface area (TPSA) is 81.8 Å². The van der Waals surface area contributed by atoms with Crippen LogP contribution in [-0.4, -0.2) is 30.8 Å².